The van der Waals surface area contributed by atoms with Crippen LogP contribution in [0.1, 0.15) is 6.92 Å². The molecular weight excluding hydrogens is 202 g/mol. The summed E-state index contributed by atoms with van der Waals surface area (Å²) in [7, 11) is 1.75. The first-order chi connectivity index (χ1) is 7.68. The van der Waals surface area contributed by atoms with Crippen molar-refractivity contribution in [2.45, 2.75) is 13.0 Å². The van der Waals surface area contributed by atoms with E-state index >= 15 is 0 Å². The molecule has 84 valence electrons. The molecule has 0 saturated carbocycles. The van der Waals surface area contributed by atoms with Crippen LogP contribution in [0.4, 0.5) is 5.69 Å². The Hall–Kier alpha value is -1.84. The number of carbonyl (C=O) groups is 1. The monoisotopic (exact) mass is 217 g/mol. The van der Waals surface area contributed by atoms with Crippen molar-refractivity contribution < 1.29 is 4.79 Å². The van der Waals surface area contributed by atoms with Gasteiger partial charge < -0.3 is 10.2 Å². The van der Waals surface area contributed by atoms with Crippen molar-refractivity contribution in [1.82, 2.24) is 5.32 Å². The van der Waals surface area contributed by atoms with Crippen LogP contribution < -0.4 is 10.2 Å². The SMILES string of the molecule is CC1CN=C(C(=O)N(C)c2ccccc2)N1. The second kappa shape index (κ2) is 4.35. The van der Waals surface area contributed by atoms with Crippen LogP contribution >= 0.6 is 0 Å². The van der Waals surface area contributed by atoms with E-state index in [1.165, 1.54) is 0 Å². The second-order valence-corrected chi connectivity index (χ2v) is 3.93. The van der Waals surface area contributed by atoms with Crippen LogP contribution in [0.5, 0.6) is 0 Å². The van der Waals surface area contributed by atoms with E-state index in [1.54, 1.807) is 11.9 Å². The van der Waals surface area contributed by atoms with E-state index in [1.807, 2.05) is 37.3 Å². The molecule has 1 aromatic carbocycles. The van der Waals surface area contributed by atoms with E-state index in [2.05, 4.69) is 10.3 Å². The van der Waals surface area contributed by atoms with Gasteiger partial charge in [0.05, 0.1) is 6.54 Å². The van der Waals surface area contributed by atoms with Gasteiger partial charge in [-0.2, -0.15) is 0 Å². The number of amidine groups is 1. The fourth-order valence-corrected chi connectivity index (χ4v) is 1.61. The highest BCUT2D eigenvalue weighted by Crippen LogP contribution is 2.12. The summed E-state index contributed by atoms with van der Waals surface area (Å²) < 4.78 is 0. The minimum atomic E-state index is -0.0875. The molecule has 1 aliphatic heterocycles. The first kappa shape index (κ1) is 10.7. The molecule has 0 fully saturated rings. The lowest BCUT2D eigenvalue weighted by Crippen LogP contribution is -2.41. The van der Waals surface area contributed by atoms with E-state index in [0.717, 1.165) is 5.69 Å². The Kier molecular flexibility index (Phi) is 2.90. The predicted octanol–water partition coefficient (Wildman–Crippen LogP) is 1.04. The molecule has 4 heteroatoms. The fraction of sp³-hybridized carbons (Fsp3) is 0.333. The molecule has 0 bridgehead atoms. The average Bonchev–Trinajstić information content (AvgIpc) is 2.75. The summed E-state index contributed by atoms with van der Waals surface area (Å²) in [6.07, 6.45) is 0. The van der Waals surface area contributed by atoms with Crippen LogP contribution in [0.2, 0.25) is 0 Å². The van der Waals surface area contributed by atoms with Crippen LogP contribution in [0.25, 0.3) is 0 Å². The maximum atomic E-state index is 12.0. The Morgan fingerprint density at radius 3 is 2.69 bits per heavy atom. The van der Waals surface area contributed by atoms with Gasteiger partial charge in [-0.1, -0.05) is 18.2 Å². The molecule has 0 aromatic heterocycles. The number of hydrogen-bond donors (Lipinski definition) is 1. The number of aliphatic imine (C=N–C) groups is 1. The van der Waals surface area contributed by atoms with Crippen molar-refractivity contribution in [3.8, 4) is 0 Å². The highest BCUT2D eigenvalue weighted by molar-refractivity contribution is 6.43. The van der Waals surface area contributed by atoms with Crippen LogP contribution in [-0.2, 0) is 4.79 Å². The van der Waals surface area contributed by atoms with Crippen LogP contribution in [-0.4, -0.2) is 31.4 Å². The summed E-state index contributed by atoms with van der Waals surface area (Å²) in [4.78, 5) is 17.8. The average molecular weight is 217 g/mol. The zero-order valence-electron chi connectivity index (χ0n) is 9.47. The number of amides is 1. The van der Waals surface area contributed by atoms with Gasteiger partial charge in [0.25, 0.3) is 5.91 Å². The van der Waals surface area contributed by atoms with Crippen molar-refractivity contribution in [3.63, 3.8) is 0 Å². The summed E-state index contributed by atoms with van der Waals surface area (Å²) in [5, 5.41) is 3.06. The summed E-state index contributed by atoms with van der Waals surface area (Å²) >= 11 is 0. The lowest BCUT2D eigenvalue weighted by molar-refractivity contribution is -0.112. The van der Waals surface area contributed by atoms with Crippen molar-refractivity contribution in [2.24, 2.45) is 4.99 Å². The number of rotatable bonds is 2. The molecule has 1 heterocycles. The molecule has 0 spiro atoms. The third-order valence-corrected chi connectivity index (χ3v) is 2.56. The topological polar surface area (TPSA) is 44.7 Å². The molecule has 16 heavy (non-hydrogen) atoms. The van der Waals surface area contributed by atoms with Gasteiger partial charge in [-0.25, -0.2) is 0 Å². The Morgan fingerprint density at radius 1 is 1.44 bits per heavy atom. The van der Waals surface area contributed by atoms with Gasteiger partial charge >= 0.3 is 0 Å². The smallest absolute Gasteiger partial charge is 0.293 e. The van der Waals surface area contributed by atoms with Gasteiger partial charge in [-0.05, 0) is 19.1 Å². The van der Waals surface area contributed by atoms with Crippen LogP contribution in [0.3, 0.4) is 0 Å². The molecule has 1 aliphatic rings. The Labute approximate surface area is 95.0 Å². The van der Waals surface area contributed by atoms with Gasteiger partial charge in [0.2, 0.25) is 0 Å². The zero-order chi connectivity index (χ0) is 11.5. The maximum absolute atomic E-state index is 12.0. The number of nitrogens with one attached hydrogen (secondary N) is 1. The van der Waals surface area contributed by atoms with Gasteiger partial charge in [0.1, 0.15) is 0 Å². The Bertz CT molecular complexity index is 414. The van der Waals surface area contributed by atoms with Crippen molar-refractivity contribution >= 4 is 17.4 Å². The molecule has 1 N–H and O–H groups in total. The molecule has 1 atom stereocenters. The maximum Gasteiger partial charge on any atom is 0.293 e. The molecule has 1 amide bonds. The molecule has 1 unspecified atom stereocenters. The Morgan fingerprint density at radius 2 is 2.12 bits per heavy atom. The number of anilines is 1. The van der Waals surface area contributed by atoms with Crippen molar-refractivity contribution in [2.75, 3.05) is 18.5 Å². The largest absolute Gasteiger partial charge is 0.361 e. The minimum Gasteiger partial charge on any atom is -0.361 e. The number of carbonyl (C=O) groups excluding carboxylic acids is 1. The number of likely N-dealkylation sites (N-methyl/N-ethyl adjacent to an activating group) is 1. The standard InChI is InChI=1S/C12H15N3O/c1-9-8-13-11(14-9)12(16)15(2)10-6-4-3-5-7-10/h3-7,9H,8H2,1-2H3,(H,13,14). The van der Waals surface area contributed by atoms with Gasteiger partial charge in [-0.3, -0.25) is 9.79 Å². The summed E-state index contributed by atoms with van der Waals surface area (Å²) in [6.45, 7) is 2.68. The van der Waals surface area contributed by atoms with Gasteiger partial charge in [0.15, 0.2) is 5.84 Å². The molecule has 0 aliphatic carbocycles. The molecule has 4 nitrogen and oxygen atoms in total. The third kappa shape index (κ3) is 2.05. The Balaban J connectivity index is 2.11. The number of nitrogens with zero attached hydrogens (tertiary/aromatic N) is 2. The van der Waals surface area contributed by atoms with Crippen molar-refractivity contribution in [3.05, 3.63) is 30.3 Å². The van der Waals surface area contributed by atoms with Crippen molar-refractivity contribution in [1.29, 1.82) is 0 Å². The quantitative estimate of drug-likeness (QED) is 0.804. The van der Waals surface area contributed by atoms with Crippen LogP contribution in [0, 0.1) is 0 Å². The highest BCUT2D eigenvalue weighted by Gasteiger charge is 2.22. The second-order valence-electron chi connectivity index (χ2n) is 3.93. The molecule has 2 rings (SSSR count). The highest BCUT2D eigenvalue weighted by atomic mass is 16.2. The number of hydrogen-bond acceptors (Lipinski definition) is 3. The molecular formula is C12H15N3O. The lowest BCUT2D eigenvalue weighted by atomic mass is 10.3. The summed E-state index contributed by atoms with van der Waals surface area (Å²) in [5.74, 6) is 0.370. The molecule has 0 saturated heterocycles. The predicted molar refractivity (Wildman–Crippen MR) is 64.8 cm³/mol. The normalized spacial score (nSPS) is 18.9. The summed E-state index contributed by atoms with van der Waals surface area (Å²) in [5.41, 5.74) is 0.872. The van der Waals surface area contributed by atoms with E-state index in [4.69, 9.17) is 0 Å². The summed E-state index contributed by atoms with van der Waals surface area (Å²) in [6, 6.07) is 9.79. The van der Waals surface area contributed by atoms with Gasteiger partial charge in [0, 0.05) is 18.8 Å². The fourth-order valence-electron chi connectivity index (χ4n) is 1.61. The van der Waals surface area contributed by atoms with Gasteiger partial charge in [-0.15, -0.1) is 0 Å². The zero-order valence-corrected chi connectivity index (χ0v) is 9.47. The number of para-hydroxylation sites is 1. The van der Waals surface area contributed by atoms with Crippen LogP contribution in [0.15, 0.2) is 35.3 Å². The number of benzene rings is 1. The first-order valence-corrected chi connectivity index (χ1v) is 5.32. The van der Waals surface area contributed by atoms with E-state index < -0.39 is 0 Å². The third-order valence-electron chi connectivity index (χ3n) is 2.56. The van der Waals surface area contributed by atoms with E-state index in [0.29, 0.717) is 12.4 Å². The molecule has 0 radical (unpaired) electrons. The first-order valence-electron chi connectivity index (χ1n) is 5.32. The minimum absolute atomic E-state index is 0.0875. The van der Waals surface area contributed by atoms with E-state index in [-0.39, 0.29) is 11.9 Å². The lowest BCUT2D eigenvalue weighted by Gasteiger charge is -2.17. The molecule has 1 aromatic rings. The van der Waals surface area contributed by atoms with E-state index in [9.17, 15) is 4.79 Å².